The van der Waals surface area contributed by atoms with Gasteiger partial charge in [0.05, 0.1) is 7.11 Å². The molecule has 2 rings (SSSR count). The first-order valence-corrected chi connectivity index (χ1v) is 9.01. The Kier molecular flexibility index (Phi) is 6.30. The van der Waals surface area contributed by atoms with Gasteiger partial charge in [-0.1, -0.05) is 0 Å². The average Bonchev–Trinajstić information content (AvgIpc) is 2.61. The monoisotopic (exact) mass is 361 g/mol. The Morgan fingerprint density at radius 3 is 2.36 bits per heavy atom. The van der Waals surface area contributed by atoms with E-state index in [1.807, 2.05) is 6.92 Å². The molecule has 0 aliphatic rings. The Balaban J connectivity index is 2.05. The van der Waals surface area contributed by atoms with Gasteiger partial charge in [-0.05, 0) is 55.0 Å². The fourth-order valence-electron chi connectivity index (χ4n) is 2.06. The van der Waals surface area contributed by atoms with Crippen molar-refractivity contribution >= 4 is 28.4 Å². The van der Waals surface area contributed by atoms with Crippen molar-refractivity contribution < 1.29 is 23.3 Å². The van der Waals surface area contributed by atoms with Gasteiger partial charge >= 0.3 is 5.97 Å². The number of carbonyl (C=O) groups is 2. The van der Waals surface area contributed by atoms with Crippen LogP contribution in [0.5, 0.6) is 5.75 Å². The molecule has 1 unspecified atom stereocenters. The van der Waals surface area contributed by atoms with E-state index in [1.54, 1.807) is 48.7 Å². The van der Waals surface area contributed by atoms with E-state index in [0.29, 0.717) is 21.9 Å². The van der Waals surface area contributed by atoms with Crippen LogP contribution in [0.1, 0.15) is 15.9 Å². The molecule has 0 aromatic heterocycles. The molecule has 25 heavy (non-hydrogen) atoms. The normalized spacial score (nSPS) is 11.5. The standard InChI is InChI=1S/C18H19NO5S/c1-12-10-14(24-11-17(20)23-2)6-9-16(12)19-18(21)13-4-7-15(8-5-13)25(3)22/h4-10H,11H2,1-3H3,(H,19,21). The van der Waals surface area contributed by atoms with Crippen LogP contribution in [0.3, 0.4) is 0 Å². The molecule has 0 radical (unpaired) electrons. The Morgan fingerprint density at radius 2 is 1.80 bits per heavy atom. The molecule has 0 aliphatic heterocycles. The molecule has 0 heterocycles. The SMILES string of the molecule is COC(=O)COc1ccc(NC(=O)c2ccc(S(C)=O)cc2)c(C)c1. The number of rotatable bonds is 6. The molecular formula is C18H19NO5S. The maximum absolute atomic E-state index is 12.3. The third-order valence-electron chi connectivity index (χ3n) is 3.48. The summed E-state index contributed by atoms with van der Waals surface area (Å²) in [6, 6.07) is 11.7. The Hall–Kier alpha value is -2.67. The average molecular weight is 361 g/mol. The first-order chi connectivity index (χ1) is 11.9. The van der Waals surface area contributed by atoms with E-state index >= 15 is 0 Å². The van der Waals surface area contributed by atoms with Crippen molar-refractivity contribution in [2.24, 2.45) is 0 Å². The molecule has 6 nitrogen and oxygen atoms in total. The molecule has 1 N–H and O–H groups in total. The van der Waals surface area contributed by atoms with Crippen molar-refractivity contribution in [3.63, 3.8) is 0 Å². The second-order valence-corrected chi connectivity index (χ2v) is 6.65. The molecule has 0 spiro atoms. The summed E-state index contributed by atoms with van der Waals surface area (Å²) < 4.78 is 21.2. The van der Waals surface area contributed by atoms with E-state index in [-0.39, 0.29) is 12.5 Å². The molecule has 132 valence electrons. The van der Waals surface area contributed by atoms with Gasteiger partial charge in [0.25, 0.3) is 5.91 Å². The highest BCUT2D eigenvalue weighted by molar-refractivity contribution is 7.84. The minimum atomic E-state index is -1.08. The first-order valence-electron chi connectivity index (χ1n) is 7.46. The quantitative estimate of drug-likeness (QED) is 0.800. The van der Waals surface area contributed by atoms with Crippen molar-refractivity contribution in [3.05, 3.63) is 53.6 Å². The highest BCUT2D eigenvalue weighted by Gasteiger charge is 2.10. The van der Waals surface area contributed by atoms with Gasteiger partial charge in [0.15, 0.2) is 6.61 Å². The number of hydrogen-bond donors (Lipinski definition) is 1. The number of hydrogen-bond acceptors (Lipinski definition) is 5. The van der Waals surface area contributed by atoms with Crippen LogP contribution in [-0.4, -0.2) is 36.1 Å². The van der Waals surface area contributed by atoms with Crippen molar-refractivity contribution in [1.29, 1.82) is 0 Å². The lowest BCUT2D eigenvalue weighted by Crippen LogP contribution is -2.14. The molecule has 1 amide bonds. The van der Waals surface area contributed by atoms with Crippen LogP contribution >= 0.6 is 0 Å². The van der Waals surface area contributed by atoms with Crippen LogP contribution in [0, 0.1) is 6.92 Å². The number of anilines is 1. The van der Waals surface area contributed by atoms with Gasteiger partial charge < -0.3 is 14.8 Å². The van der Waals surface area contributed by atoms with E-state index in [0.717, 1.165) is 5.56 Å². The summed E-state index contributed by atoms with van der Waals surface area (Å²) in [5.41, 5.74) is 1.90. The lowest BCUT2D eigenvalue weighted by atomic mass is 10.1. The lowest BCUT2D eigenvalue weighted by molar-refractivity contribution is -0.142. The Labute approximate surface area is 148 Å². The highest BCUT2D eigenvalue weighted by atomic mass is 32.2. The maximum atomic E-state index is 12.3. The fourth-order valence-corrected chi connectivity index (χ4v) is 2.58. The summed E-state index contributed by atoms with van der Waals surface area (Å²) >= 11 is 0. The summed E-state index contributed by atoms with van der Waals surface area (Å²) in [7, 11) is 0.212. The number of amides is 1. The number of nitrogens with one attached hydrogen (secondary N) is 1. The van der Waals surface area contributed by atoms with Crippen LogP contribution < -0.4 is 10.1 Å². The van der Waals surface area contributed by atoms with Gasteiger partial charge in [0.1, 0.15) is 5.75 Å². The molecule has 1 atom stereocenters. The van der Waals surface area contributed by atoms with E-state index < -0.39 is 16.8 Å². The molecule has 2 aromatic carbocycles. The van der Waals surface area contributed by atoms with Crippen LogP contribution in [-0.2, 0) is 20.3 Å². The van der Waals surface area contributed by atoms with Gasteiger partial charge in [-0.15, -0.1) is 0 Å². The summed E-state index contributed by atoms with van der Waals surface area (Å²) in [6.45, 7) is 1.65. The van der Waals surface area contributed by atoms with Crippen molar-refractivity contribution in [2.75, 3.05) is 25.3 Å². The van der Waals surface area contributed by atoms with E-state index in [1.165, 1.54) is 7.11 Å². The van der Waals surface area contributed by atoms with Crippen LogP contribution in [0.25, 0.3) is 0 Å². The van der Waals surface area contributed by atoms with Crippen LogP contribution in [0.15, 0.2) is 47.4 Å². The smallest absolute Gasteiger partial charge is 0.343 e. The second-order valence-electron chi connectivity index (χ2n) is 5.27. The Bertz CT molecular complexity index is 802. The van der Waals surface area contributed by atoms with Crippen LogP contribution in [0.4, 0.5) is 5.69 Å². The number of methoxy groups -OCH3 is 1. The summed E-state index contributed by atoms with van der Waals surface area (Å²) in [6.07, 6.45) is 1.59. The van der Waals surface area contributed by atoms with Crippen LogP contribution in [0.2, 0.25) is 0 Å². The molecule has 0 aliphatic carbocycles. The summed E-state index contributed by atoms with van der Waals surface area (Å²) in [5.74, 6) is -0.220. The zero-order chi connectivity index (χ0) is 18.4. The number of aryl methyl sites for hydroxylation is 1. The van der Waals surface area contributed by atoms with E-state index in [4.69, 9.17) is 4.74 Å². The molecule has 0 saturated heterocycles. The maximum Gasteiger partial charge on any atom is 0.343 e. The third kappa shape index (κ3) is 5.15. The number of esters is 1. The summed E-state index contributed by atoms with van der Waals surface area (Å²) in [4.78, 5) is 24.1. The minimum Gasteiger partial charge on any atom is -0.482 e. The molecular weight excluding hydrogens is 342 g/mol. The van der Waals surface area contributed by atoms with Crippen molar-refractivity contribution in [3.8, 4) is 5.75 Å². The molecule has 0 bridgehead atoms. The second kappa shape index (κ2) is 8.43. The van der Waals surface area contributed by atoms with Crippen molar-refractivity contribution in [2.45, 2.75) is 11.8 Å². The zero-order valence-corrected chi connectivity index (χ0v) is 15.0. The van der Waals surface area contributed by atoms with E-state index in [9.17, 15) is 13.8 Å². The molecule has 2 aromatic rings. The predicted molar refractivity (Wildman–Crippen MR) is 95.4 cm³/mol. The van der Waals surface area contributed by atoms with Gasteiger partial charge in [0, 0.05) is 33.2 Å². The first kappa shape index (κ1) is 18.7. The van der Waals surface area contributed by atoms with Gasteiger partial charge in [-0.2, -0.15) is 0 Å². The third-order valence-corrected chi connectivity index (χ3v) is 4.41. The molecule has 0 fully saturated rings. The molecule has 0 saturated carbocycles. The van der Waals surface area contributed by atoms with E-state index in [2.05, 4.69) is 10.1 Å². The Morgan fingerprint density at radius 1 is 1.12 bits per heavy atom. The number of ether oxygens (including phenoxy) is 2. The number of carbonyl (C=O) groups excluding carboxylic acids is 2. The number of benzene rings is 2. The predicted octanol–water partition coefficient (Wildman–Crippen LogP) is 2.54. The lowest BCUT2D eigenvalue weighted by Gasteiger charge is -2.11. The van der Waals surface area contributed by atoms with Gasteiger partial charge in [0.2, 0.25) is 0 Å². The highest BCUT2D eigenvalue weighted by Crippen LogP contribution is 2.22. The molecule has 7 heteroatoms. The largest absolute Gasteiger partial charge is 0.482 e. The minimum absolute atomic E-state index is 0.174. The van der Waals surface area contributed by atoms with Gasteiger partial charge in [-0.3, -0.25) is 9.00 Å². The van der Waals surface area contributed by atoms with Crippen molar-refractivity contribution in [1.82, 2.24) is 0 Å². The topological polar surface area (TPSA) is 81.7 Å². The van der Waals surface area contributed by atoms with Gasteiger partial charge in [-0.25, -0.2) is 4.79 Å². The summed E-state index contributed by atoms with van der Waals surface area (Å²) in [5, 5.41) is 2.82. The zero-order valence-electron chi connectivity index (χ0n) is 14.2. The fraction of sp³-hybridized carbons (Fsp3) is 0.222.